The molecule has 0 atom stereocenters. The molecule has 0 aliphatic carbocycles. The number of hydrogen-bond donors (Lipinski definition) is 0. The minimum Gasteiger partial charge on any atom is -0.302 e. The van der Waals surface area contributed by atoms with Crippen LogP contribution in [0.2, 0.25) is 0 Å². The molecule has 19 heavy (non-hydrogen) atoms. The van der Waals surface area contributed by atoms with Gasteiger partial charge in [0.1, 0.15) is 0 Å². The zero-order valence-electron chi connectivity index (χ0n) is 11.9. The predicted octanol–water partition coefficient (Wildman–Crippen LogP) is 4.47. The molecule has 0 bridgehead atoms. The summed E-state index contributed by atoms with van der Waals surface area (Å²) in [7, 11) is 2.13. The van der Waals surface area contributed by atoms with Crippen molar-refractivity contribution < 1.29 is 0 Å². The van der Waals surface area contributed by atoms with Gasteiger partial charge in [0.05, 0.1) is 0 Å². The first-order valence-electron chi connectivity index (χ1n) is 6.66. The highest BCUT2D eigenvalue weighted by molar-refractivity contribution is 5.45. The monoisotopic (exact) mass is 253 g/mol. The number of nitrogens with zero attached hydrogens (tertiary/aromatic N) is 1. The van der Waals surface area contributed by atoms with Crippen molar-refractivity contribution in [3.05, 3.63) is 78.4 Å². The lowest BCUT2D eigenvalue weighted by Gasteiger charge is -2.12. The molecule has 2 aromatic rings. The molecule has 1 nitrogen and oxygen atoms in total. The zero-order chi connectivity index (χ0) is 13.9. The maximum Gasteiger partial charge on any atom is 0.0230 e. The molecule has 0 radical (unpaired) electrons. The van der Waals surface area contributed by atoms with Gasteiger partial charge in [-0.3, -0.25) is 0 Å². The lowest BCUT2D eigenvalue weighted by molar-refractivity contribution is 0.346. The van der Waals surface area contributed by atoms with Crippen molar-refractivity contribution in [2.24, 2.45) is 0 Å². The Morgan fingerprint density at radius 1 is 0.947 bits per heavy atom. The van der Waals surface area contributed by atoms with Crippen molar-refractivity contribution in [1.82, 2.24) is 4.90 Å². The zero-order valence-corrected chi connectivity index (χ0v) is 11.9. The molecule has 0 spiro atoms. The normalized spacial score (nSPS) is 9.63. The van der Waals surface area contributed by atoms with Crippen LogP contribution in [0.5, 0.6) is 0 Å². The molecule has 0 saturated heterocycles. The standard InChI is InChI=1S/C10H15N.C8H8/c1-3-11(2)9-10-7-5-4-6-8-10;1-2-8-6-4-3-5-7-8/h4-8H,3,9H2,1-2H3;2-7H,1H2. The molecule has 0 amide bonds. The summed E-state index contributed by atoms with van der Waals surface area (Å²) < 4.78 is 0. The van der Waals surface area contributed by atoms with E-state index in [9.17, 15) is 0 Å². The number of rotatable bonds is 4. The van der Waals surface area contributed by atoms with Crippen LogP contribution in [0.25, 0.3) is 6.08 Å². The molecule has 0 saturated carbocycles. The third kappa shape index (κ3) is 6.58. The lowest BCUT2D eigenvalue weighted by Crippen LogP contribution is -2.16. The van der Waals surface area contributed by atoms with Crippen LogP contribution in [0.15, 0.2) is 67.2 Å². The van der Waals surface area contributed by atoms with E-state index in [0.29, 0.717) is 0 Å². The largest absolute Gasteiger partial charge is 0.302 e. The van der Waals surface area contributed by atoms with Crippen LogP contribution in [0, 0.1) is 0 Å². The Bertz CT molecular complexity index is 448. The van der Waals surface area contributed by atoms with Gasteiger partial charge in [0.25, 0.3) is 0 Å². The average molecular weight is 253 g/mol. The maximum atomic E-state index is 3.63. The fourth-order valence-corrected chi connectivity index (χ4v) is 1.60. The van der Waals surface area contributed by atoms with E-state index in [1.165, 1.54) is 11.1 Å². The molecular formula is C18H23N. The van der Waals surface area contributed by atoms with Gasteiger partial charge in [-0.15, -0.1) is 0 Å². The quantitative estimate of drug-likeness (QED) is 0.777. The van der Waals surface area contributed by atoms with E-state index < -0.39 is 0 Å². The van der Waals surface area contributed by atoms with Gasteiger partial charge < -0.3 is 4.90 Å². The summed E-state index contributed by atoms with van der Waals surface area (Å²) in [6.45, 7) is 7.96. The van der Waals surface area contributed by atoms with E-state index in [1.807, 2.05) is 36.4 Å². The van der Waals surface area contributed by atoms with Crippen LogP contribution in [-0.2, 0) is 6.54 Å². The second-order valence-electron chi connectivity index (χ2n) is 4.43. The first-order chi connectivity index (χ1) is 9.26. The van der Waals surface area contributed by atoms with Gasteiger partial charge in [-0.2, -0.15) is 0 Å². The van der Waals surface area contributed by atoms with Crippen LogP contribution < -0.4 is 0 Å². The average Bonchev–Trinajstić information content (AvgIpc) is 2.49. The van der Waals surface area contributed by atoms with Gasteiger partial charge >= 0.3 is 0 Å². The summed E-state index contributed by atoms with van der Waals surface area (Å²) in [6, 6.07) is 20.6. The van der Waals surface area contributed by atoms with Crippen LogP contribution in [0.3, 0.4) is 0 Å². The Balaban J connectivity index is 0.000000200. The SMILES string of the molecule is C=Cc1ccccc1.CCN(C)Cc1ccccc1. The second-order valence-corrected chi connectivity index (χ2v) is 4.43. The van der Waals surface area contributed by atoms with Crippen molar-refractivity contribution in [3.63, 3.8) is 0 Å². The minimum atomic E-state index is 1.05. The van der Waals surface area contributed by atoms with E-state index in [4.69, 9.17) is 0 Å². The molecule has 1 heteroatoms. The van der Waals surface area contributed by atoms with Gasteiger partial charge in [-0.05, 0) is 24.7 Å². The highest BCUT2D eigenvalue weighted by Crippen LogP contribution is 2.01. The van der Waals surface area contributed by atoms with Gasteiger partial charge in [-0.1, -0.05) is 80.2 Å². The number of benzene rings is 2. The molecule has 2 rings (SSSR count). The summed E-state index contributed by atoms with van der Waals surface area (Å²) in [5, 5.41) is 0. The Kier molecular flexibility index (Phi) is 7.30. The van der Waals surface area contributed by atoms with E-state index >= 15 is 0 Å². The van der Waals surface area contributed by atoms with Gasteiger partial charge in [0.15, 0.2) is 0 Å². The molecule has 0 unspecified atom stereocenters. The van der Waals surface area contributed by atoms with E-state index in [-0.39, 0.29) is 0 Å². The van der Waals surface area contributed by atoms with E-state index in [2.05, 4.69) is 55.8 Å². The molecule has 100 valence electrons. The smallest absolute Gasteiger partial charge is 0.0230 e. The molecule has 0 N–H and O–H groups in total. The van der Waals surface area contributed by atoms with Crippen molar-refractivity contribution in [1.29, 1.82) is 0 Å². The van der Waals surface area contributed by atoms with E-state index in [1.54, 1.807) is 0 Å². The maximum absolute atomic E-state index is 3.63. The van der Waals surface area contributed by atoms with Crippen molar-refractivity contribution in [2.45, 2.75) is 13.5 Å². The Hall–Kier alpha value is -1.86. The topological polar surface area (TPSA) is 3.24 Å². The number of hydrogen-bond acceptors (Lipinski definition) is 1. The first kappa shape index (κ1) is 15.2. The summed E-state index contributed by atoms with van der Waals surface area (Å²) in [6.07, 6.45) is 1.83. The van der Waals surface area contributed by atoms with Crippen LogP contribution >= 0.6 is 0 Å². The molecular weight excluding hydrogens is 230 g/mol. The molecule has 0 aromatic heterocycles. The van der Waals surface area contributed by atoms with Gasteiger partial charge in [0.2, 0.25) is 0 Å². The van der Waals surface area contributed by atoms with Crippen molar-refractivity contribution in [2.75, 3.05) is 13.6 Å². The fourth-order valence-electron chi connectivity index (χ4n) is 1.60. The summed E-state index contributed by atoms with van der Waals surface area (Å²) in [5.41, 5.74) is 2.56. The van der Waals surface area contributed by atoms with E-state index in [0.717, 1.165) is 13.1 Å². The Morgan fingerprint density at radius 3 is 1.89 bits per heavy atom. The predicted molar refractivity (Wildman–Crippen MR) is 85.0 cm³/mol. The molecule has 0 fully saturated rings. The van der Waals surface area contributed by atoms with Crippen molar-refractivity contribution in [3.8, 4) is 0 Å². The third-order valence-corrected chi connectivity index (χ3v) is 2.87. The second kappa shape index (κ2) is 9.12. The van der Waals surface area contributed by atoms with Crippen LogP contribution in [0.4, 0.5) is 0 Å². The molecule has 0 aliphatic heterocycles. The van der Waals surface area contributed by atoms with Crippen LogP contribution in [-0.4, -0.2) is 18.5 Å². The molecule has 0 aliphatic rings. The summed E-state index contributed by atoms with van der Waals surface area (Å²) in [5.74, 6) is 0. The molecule has 2 aromatic carbocycles. The van der Waals surface area contributed by atoms with Gasteiger partial charge in [-0.25, -0.2) is 0 Å². The first-order valence-corrected chi connectivity index (χ1v) is 6.66. The highest BCUT2D eigenvalue weighted by atomic mass is 15.1. The minimum absolute atomic E-state index is 1.05. The van der Waals surface area contributed by atoms with Gasteiger partial charge in [0, 0.05) is 6.54 Å². The summed E-state index contributed by atoms with van der Waals surface area (Å²) in [4.78, 5) is 2.29. The summed E-state index contributed by atoms with van der Waals surface area (Å²) >= 11 is 0. The lowest BCUT2D eigenvalue weighted by atomic mass is 10.2. The fraction of sp³-hybridized carbons (Fsp3) is 0.222. The Labute approximate surface area is 117 Å². The van der Waals surface area contributed by atoms with Crippen molar-refractivity contribution >= 4 is 6.08 Å². The molecule has 0 heterocycles. The van der Waals surface area contributed by atoms with Crippen LogP contribution in [0.1, 0.15) is 18.1 Å². The third-order valence-electron chi connectivity index (χ3n) is 2.87. The highest BCUT2D eigenvalue weighted by Gasteiger charge is 1.94. The Morgan fingerprint density at radius 2 is 1.47 bits per heavy atom.